The van der Waals surface area contributed by atoms with Gasteiger partial charge < -0.3 is 15.4 Å². The van der Waals surface area contributed by atoms with Gasteiger partial charge in [0.15, 0.2) is 0 Å². The lowest BCUT2D eigenvalue weighted by molar-refractivity contribution is -0.139. The second-order valence-corrected chi connectivity index (χ2v) is 5.38. The van der Waals surface area contributed by atoms with Crippen LogP contribution < -0.4 is 5.32 Å². The molecule has 5 nitrogen and oxygen atoms in total. The highest BCUT2D eigenvalue weighted by atomic mass is 32.2. The summed E-state index contributed by atoms with van der Waals surface area (Å²) in [4.78, 5) is 26.4. The second-order valence-electron chi connectivity index (χ2n) is 4.39. The highest BCUT2D eigenvalue weighted by Crippen LogP contribution is 2.17. The molecule has 0 aliphatic carbocycles. The highest BCUT2D eigenvalue weighted by Gasteiger charge is 2.21. The first kappa shape index (κ1) is 14.5. The van der Waals surface area contributed by atoms with E-state index < -0.39 is 12.0 Å². The van der Waals surface area contributed by atoms with Crippen molar-refractivity contribution < 1.29 is 14.7 Å². The molecule has 0 saturated carbocycles. The summed E-state index contributed by atoms with van der Waals surface area (Å²) in [5, 5.41) is 12.5. The van der Waals surface area contributed by atoms with Crippen LogP contribution in [0, 0.1) is 0 Å². The van der Waals surface area contributed by atoms with Gasteiger partial charge in [-0.25, -0.2) is 4.79 Å². The predicted octanol–water partition coefficient (Wildman–Crippen LogP) is 2.10. The summed E-state index contributed by atoms with van der Waals surface area (Å²) in [5.74, 6) is -0.677. The summed E-state index contributed by atoms with van der Waals surface area (Å²) >= 11 is 1.55. The fourth-order valence-corrected chi connectivity index (χ4v) is 2.48. The number of nitrogens with one attached hydrogen (secondary N) is 2. The van der Waals surface area contributed by atoms with Gasteiger partial charge in [-0.15, -0.1) is 0 Å². The molecule has 1 aromatic heterocycles. The van der Waals surface area contributed by atoms with Crippen molar-refractivity contribution in [2.45, 2.75) is 12.5 Å². The van der Waals surface area contributed by atoms with Crippen LogP contribution in [0.4, 0.5) is 0 Å². The molecule has 0 aliphatic rings. The molecule has 0 saturated heterocycles. The summed E-state index contributed by atoms with van der Waals surface area (Å²) in [7, 11) is 0. The van der Waals surface area contributed by atoms with Crippen LogP contribution >= 0.6 is 11.8 Å². The molecule has 1 amide bonds. The van der Waals surface area contributed by atoms with E-state index in [0.29, 0.717) is 17.7 Å². The van der Waals surface area contributed by atoms with E-state index in [9.17, 15) is 9.59 Å². The number of H-pyrrole nitrogens is 1. The Hall–Kier alpha value is -1.95. The minimum atomic E-state index is -1.01. The Morgan fingerprint density at radius 2 is 2.20 bits per heavy atom. The van der Waals surface area contributed by atoms with Crippen LogP contribution in [0.3, 0.4) is 0 Å². The first-order chi connectivity index (χ1) is 9.63. The maximum Gasteiger partial charge on any atom is 0.326 e. The van der Waals surface area contributed by atoms with Crippen LogP contribution in [0.2, 0.25) is 0 Å². The van der Waals surface area contributed by atoms with E-state index in [1.807, 2.05) is 18.4 Å². The van der Waals surface area contributed by atoms with Crippen LogP contribution in [0.1, 0.15) is 16.8 Å². The van der Waals surface area contributed by atoms with E-state index >= 15 is 0 Å². The van der Waals surface area contributed by atoms with E-state index in [1.54, 1.807) is 30.1 Å². The molecule has 0 aliphatic heterocycles. The van der Waals surface area contributed by atoms with Crippen molar-refractivity contribution >= 4 is 34.5 Å². The molecule has 1 heterocycles. The number of aromatic nitrogens is 1. The highest BCUT2D eigenvalue weighted by molar-refractivity contribution is 7.98. The second kappa shape index (κ2) is 6.47. The maximum atomic E-state index is 12.2. The Bertz CT molecular complexity index is 624. The molecule has 1 atom stereocenters. The lowest BCUT2D eigenvalue weighted by atomic mass is 10.1. The zero-order valence-corrected chi connectivity index (χ0v) is 11.9. The van der Waals surface area contributed by atoms with Crippen molar-refractivity contribution in [2.24, 2.45) is 0 Å². The maximum absolute atomic E-state index is 12.2. The van der Waals surface area contributed by atoms with Gasteiger partial charge in [0.25, 0.3) is 5.91 Å². The Kier molecular flexibility index (Phi) is 4.68. The molecule has 0 bridgehead atoms. The fraction of sp³-hybridized carbons (Fsp3) is 0.286. The number of carbonyl (C=O) groups excluding carboxylic acids is 1. The quantitative estimate of drug-likeness (QED) is 0.761. The number of thioether (sulfide) groups is 1. The molecule has 6 heteroatoms. The Morgan fingerprint density at radius 3 is 2.90 bits per heavy atom. The summed E-state index contributed by atoms with van der Waals surface area (Å²) in [6, 6.07) is 6.28. The van der Waals surface area contributed by atoms with Gasteiger partial charge in [-0.05, 0) is 36.6 Å². The number of hydrogen-bond acceptors (Lipinski definition) is 3. The molecule has 0 spiro atoms. The molecule has 20 heavy (non-hydrogen) atoms. The van der Waals surface area contributed by atoms with Gasteiger partial charge >= 0.3 is 5.97 Å². The van der Waals surface area contributed by atoms with Crippen molar-refractivity contribution in [3.63, 3.8) is 0 Å². The number of carboxylic acid groups (broad SMARTS) is 1. The smallest absolute Gasteiger partial charge is 0.326 e. The monoisotopic (exact) mass is 292 g/mol. The third-order valence-corrected chi connectivity index (χ3v) is 3.70. The number of aromatic amines is 1. The molecule has 2 rings (SSSR count). The minimum absolute atomic E-state index is 0.358. The van der Waals surface area contributed by atoms with E-state index in [2.05, 4.69) is 10.3 Å². The largest absolute Gasteiger partial charge is 0.480 e. The summed E-state index contributed by atoms with van der Waals surface area (Å²) in [6.07, 6.45) is 4.07. The lowest BCUT2D eigenvalue weighted by Crippen LogP contribution is -2.41. The molecule has 3 N–H and O–H groups in total. The van der Waals surface area contributed by atoms with E-state index in [-0.39, 0.29) is 5.91 Å². The van der Waals surface area contributed by atoms with Crippen molar-refractivity contribution in [2.75, 3.05) is 12.0 Å². The first-order valence-electron chi connectivity index (χ1n) is 6.22. The number of carboxylic acids is 1. The number of rotatable bonds is 6. The molecule has 2 aromatic rings. The van der Waals surface area contributed by atoms with Gasteiger partial charge in [0.2, 0.25) is 0 Å². The Balaban J connectivity index is 2.18. The average molecular weight is 292 g/mol. The lowest BCUT2D eigenvalue weighted by Gasteiger charge is -2.14. The summed E-state index contributed by atoms with van der Waals surface area (Å²) in [5.41, 5.74) is 1.34. The van der Waals surface area contributed by atoms with Crippen LogP contribution in [0.5, 0.6) is 0 Å². The molecule has 0 radical (unpaired) electrons. The summed E-state index contributed by atoms with van der Waals surface area (Å²) in [6.45, 7) is 0. The fourth-order valence-electron chi connectivity index (χ4n) is 2.01. The zero-order valence-electron chi connectivity index (χ0n) is 11.1. The number of carbonyl (C=O) groups is 2. The van der Waals surface area contributed by atoms with E-state index in [0.717, 1.165) is 10.9 Å². The number of fused-ring (bicyclic) bond motifs is 1. The van der Waals surface area contributed by atoms with Crippen LogP contribution in [-0.4, -0.2) is 40.0 Å². The van der Waals surface area contributed by atoms with Gasteiger partial charge in [0.05, 0.1) is 0 Å². The van der Waals surface area contributed by atoms with Crippen molar-refractivity contribution in [1.82, 2.24) is 10.3 Å². The number of aliphatic carboxylic acids is 1. The molecular formula is C14H16N2O3S. The topological polar surface area (TPSA) is 82.2 Å². The normalized spacial score (nSPS) is 12.2. The molecular weight excluding hydrogens is 276 g/mol. The first-order valence-corrected chi connectivity index (χ1v) is 7.61. The van der Waals surface area contributed by atoms with E-state index in [4.69, 9.17) is 5.11 Å². The van der Waals surface area contributed by atoms with Gasteiger partial charge in [0.1, 0.15) is 6.04 Å². The number of hydrogen-bond donors (Lipinski definition) is 3. The van der Waals surface area contributed by atoms with Gasteiger partial charge in [-0.3, -0.25) is 4.79 Å². The molecule has 106 valence electrons. The molecule has 0 fully saturated rings. The van der Waals surface area contributed by atoms with Gasteiger partial charge in [-0.2, -0.15) is 11.8 Å². The van der Waals surface area contributed by atoms with Gasteiger partial charge in [-0.1, -0.05) is 6.07 Å². The van der Waals surface area contributed by atoms with Crippen molar-refractivity contribution in [1.29, 1.82) is 0 Å². The van der Waals surface area contributed by atoms with Crippen molar-refractivity contribution in [3.8, 4) is 0 Å². The van der Waals surface area contributed by atoms with Crippen LogP contribution in [-0.2, 0) is 4.79 Å². The molecule has 1 unspecified atom stereocenters. The number of amides is 1. The third kappa shape index (κ3) is 3.14. The zero-order chi connectivity index (χ0) is 14.5. The Labute approximate surface area is 120 Å². The minimum Gasteiger partial charge on any atom is -0.480 e. The third-order valence-electron chi connectivity index (χ3n) is 3.05. The van der Waals surface area contributed by atoms with Crippen molar-refractivity contribution in [3.05, 3.63) is 36.0 Å². The number of benzene rings is 1. The van der Waals surface area contributed by atoms with E-state index in [1.165, 1.54) is 0 Å². The van der Waals surface area contributed by atoms with Gasteiger partial charge in [0, 0.05) is 22.7 Å². The Morgan fingerprint density at radius 1 is 1.40 bits per heavy atom. The van der Waals surface area contributed by atoms with Crippen LogP contribution in [0.15, 0.2) is 30.5 Å². The van der Waals surface area contributed by atoms with Crippen LogP contribution in [0.25, 0.3) is 10.9 Å². The summed E-state index contributed by atoms with van der Waals surface area (Å²) < 4.78 is 0. The predicted molar refractivity (Wildman–Crippen MR) is 80.2 cm³/mol. The SMILES string of the molecule is CSCCC(NC(=O)c1cccc2[nH]ccc12)C(=O)O. The standard InChI is InChI=1S/C14H16N2O3S/c1-20-8-6-12(14(18)19)16-13(17)10-3-2-4-11-9(10)5-7-15-11/h2-5,7,12,15H,6,8H2,1H3,(H,16,17)(H,18,19). The molecule has 1 aromatic carbocycles. The average Bonchev–Trinajstić information content (AvgIpc) is 2.90.